The molecule has 2 atom stereocenters. The molecule has 4 rings (SSSR count). The summed E-state index contributed by atoms with van der Waals surface area (Å²) in [6.45, 7) is 2.05. The van der Waals surface area contributed by atoms with Crippen LogP contribution in [0.3, 0.4) is 0 Å². The third-order valence-corrected chi connectivity index (χ3v) is 6.96. The lowest BCUT2D eigenvalue weighted by Gasteiger charge is -2.27. The van der Waals surface area contributed by atoms with E-state index in [2.05, 4.69) is 5.32 Å². The number of hydrogen-bond acceptors (Lipinski definition) is 4. The minimum absolute atomic E-state index is 0.0875. The van der Waals surface area contributed by atoms with Gasteiger partial charge in [0.25, 0.3) is 5.91 Å². The molecule has 5 nitrogen and oxygen atoms in total. The Balaban J connectivity index is 1.66. The second-order valence-corrected chi connectivity index (χ2v) is 9.44. The molecule has 1 heterocycles. The molecule has 1 amide bonds. The van der Waals surface area contributed by atoms with Crippen LogP contribution in [-0.4, -0.2) is 24.8 Å². The average molecular weight is 474 g/mol. The van der Waals surface area contributed by atoms with Crippen LogP contribution in [0.2, 0.25) is 10.0 Å². The van der Waals surface area contributed by atoms with E-state index in [1.54, 1.807) is 19.2 Å². The van der Waals surface area contributed by atoms with Crippen LogP contribution in [-0.2, 0) is 4.79 Å². The van der Waals surface area contributed by atoms with Crippen LogP contribution in [0.1, 0.15) is 57.1 Å². The number of halogens is 2. The lowest BCUT2D eigenvalue weighted by molar-refractivity contribution is -0.115. The Bertz CT molecular complexity index is 985. The van der Waals surface area contributed by atoms with Gasteiger partial charge < -0.3 is 10.1 Å². The Morgan fingerprint density at radius 3 is 2.38 bits per heavy atom. The van der Waals surface area contributed by atoms with E-state index in [-0.39, 0.29) is 23.9 Å². The smallest absolute Gasteiger partial charge is 0.268 e. The van der Waals surface area contributed by atoms with Crippen molar-refractivity contribution in [1.82, 2.24) is 5.32 Å². The highest BCUT2D eigenvalue weighted by Gasteiger charge is 2.40. The largest absolute Gasteiger partial charge is 0.497 e. The number of rotatable bonds is 5. The molecule has 0 saturated heterocycles. The second kappa shape index (κ2) is 10.1. The van der Waals surface area contributed by atoms with E-state index in [9.17, 15) is 4.79 Å². The molecule has 2 aliphatic rings. The number of carbonyl (C=O) groups is 1. The molecule has 170 valence electrons. The van der Waals surface area contributed by atoms with Gasteiger partial charge in [-0.1, -0.05) is 67.9 Å². The average Bonchev–Trinajstić information content (AvgIpc) is 2.94. The van der Waals surface area contributed by atoms with Crippen molar-refractivity contribution in [1.29, 1.82) is 0 Å². The fraction of sp³-hybridized carbons (Fsp3) is 0.440. The number of amides is 1. The molecule has 7 heteroatoms. The van der Waals surface area contributed by atoms with E-state index < -0.39 is 0 Å². The summed E-state index contributed by atoms with van der Waals surface area (Å²) >= 11 is 12.7. The topological polar surface area (TPSA) is 53.9 Å². The van der Waals surface area contributed by atoms with Crippen molar-refractivity contribution in [2.45, 2.75) is 57.5 Å². The van der Waals surface area contributed by atoms with E-state index >= 15 is 0 Å². The summed E-state index contributed by atoms with van der Waals surface area (Å²) in [5.74, 6) is 0.569. The molecule has 1 N–H and O–H groups in total. The first-order valence-corrected chi connectivity index (χ1v) is 12.0. The molecule has 0 spiro atoms. The SMILES string of the molecule is COc1ccc([C@H]2[C@@H](C)C(C(=O)NC3CCCCCC3)=NN2c2ccc(Cl)cc2Cl)cc1. The van der Waals surface area contributed by atoms with Gasteiger partial charge in [0.05, 0.1) is 23.9 Å². The Morgan fingerprint density at radius 2 is 1.75 bits per heavy atom. The van der Waals surface area contributed by atoms with Crippen molar-refractivity contribution in [3.8, 4) is 5.75 Å². The molecule has 1 saturated carbocycles. The van der Waals surface area contributed by atoms with Gasteiger partial charge >= 0.3 is 0 Å². The maximum Gasteiger partial charge on any atom is 0.268 e. The van der Waals surface area contributed by atoms with Crippen molar-refractivity contribution in [3.05, 3.63) is 58.1 Å². The number of ether oxygens (including phenoxy) is 1. The van der Waals surface area contributed by atoms with Crippen molar-refractivity contribution in [3.63, 3.8) is 0 Å². The van der Waals surface area contributed by atoms with E-state index in [0.717, 1.165) is 42.7 Å². The highest BCUT2D eigenvalue weighted by molar-refractivity contribution is 6.41. The van der Waals surface area contributed by atoms with E-state index in [0.29, 0.717) is 15.8 Å². The first kappa shape index (κ1) is 22.9. The third kappa shape index (κ3) is 4.89. The zero-order valence-corrected chi connectivity index (χ0v) is 20.0. The summed E-state index contributed by atoms with van der Waals surface area (Å²) in [4.78, 5) is 13.3. The van der Waals surface area contributed by atoms with Gasteiger partial charge in [0.2, 0.25) is 0 Å². The Hall–Kier alpha value is -2.24. The number of hydrogen-bond donors (Lipinski definition) is 1. The quantitative estimate of drug-likeness (QED) is 0.511. The molecule has 1 aliphatic heterocycles. The van der Waals surface area contributed by atoms with Gasteiger partial charge in [0.1, 0.15) is 11.5 Å². The summed E-state index contributed by atoms with van der Waals surface area (Å²) < 4.78 is 5.31. The number of benzene rings is 2. The molecule has 0 unspecified atom stereocenters. The van der Waals surface area contributed by atoms with Crippen molar-refractivity contribution in [2.75, 3.05) is 12.1 Å². The van der Waals surface area contributed by atoms with Crippen LogP contribution >= 0.6 is 23.2 Å². The molecule has 1 fully saturated rings. The molecule has 0 aromatic heterocycles. The Labute approximate surface area is 199 Å². The molecule has 2 aromatic carbocycles. The number of nitrogens with zero attached hydrogens (tertiary/aromatic N) is 2. The molecule has 2 aromatic rings. The van der Waals surface area contributed by atoms with Gasteiger partial charge in [-0.05, 0) is 48.7 Å². The first-order valence-electron chi connectivity index (χ1n) is 11.3. The monoisotopic (exact) mass is 473 g/mol. The molecule has 0 radical (unpaired) electrons. The maximum absolute atomic E-state index is 13.3. The third-order valence-electron chi connectivity index (χ3n) is 6.42. The Kier molecular flexibility index (Phi) is 7.27. The fourth-order valence-electron chi connectivity index (χ4n) is 4.67. The van der Waals surface area contributed by atoms with Crippen LogP contribution in [0, 0.1) is 5.92 Å². The second-order valence-electron chi connectivity index (χ2n) is 8.59. The van der Waals surface area contributed by atoms with Crippen LogP contribution in [0.5, 0.6) is 5.75 Å². The highest BCUT2D eigenvalue weighted by atomic mass is 35.5. The van der Waals surface area contributed by atoms with E-state index in [1.165, 1.54) is 12.8 Å². The number of hydrazone groups is 1. The summed E-state index contributed by atoms with van der Waals surface area (Å²) in [7, 11) is 1.64. The zero-order chi connectivity index (χ0) is 22.7. The number of carbonyl (C=O) groups excluding carboxylic acids is 1. The van der Waals surface area contributed by atoms with Gasteiger partial charge in [-0.3, -0.25) is 9.80 Å². The summed E-state index contributed by atoms with van der Waals surface area (Å²) in [6.07, 6.45) is 6.87. The highest BCUT2D eigenvalue weighted by Crippen LogP contribution is 2.42. The lowest BCUT2D eigenvalue weighted by atomic mass is 9.90. The minimum Gasteiger partial charge on any atom is -0.497 e. The summed E-state index contributed by atoms with van der Waals surface area (Å²) in [5.41, 5.74) is 2.28. The molecule has 32 heavy (non-hydrogen) atoms. The zero-order valence-electron chi connectivity index (χ0n) is 18.5. The number of methoxy groups -OCH3 is 1. The fourth-order valence-corrected chi connectivity index (χ4v) is 5.16. The van der Waals surface area contributed by atoms with E-state index in [4.69, 9.17) is 33.0 Å². The molecule has 0 bridgehead atoms. The molecule has 1 aliphatic carbocycles. The molecular weight excluding hydrogens is 445 g/mol. The van der Waals surface area contributed by atoms with Crippen LogP contribution < -0.4 is 15.1 Å². The summed E-state index contributed by atoms with van der Waals surface area (Å²) in [6, 6.07) is 13.3. The van der Waals surface area contributed by atoms with Gasteiger partial charge in [-0.25, -0.2) is 0 Å². The minimum atomic E-state index is -0.172. The van der Waals surface area contributed by atoms with Crippen molar-refractivity contribution < 1.29 is 9.53 Å². The van der Waals surface area contributed by atoms with Gasteiger partial charge in [-0.15, -0.1) is 0 Å². The van der Waals surface area contributed by atoms with Gasteiger partial charge in [0, 0.05) is 17.0 Å². The predicted molar refractivity (Wildman–Crippen MR) is 131 cm³/mol. The van der Waals surface area contributed by atoms with Crippen LogP contribution in [0.15, 0.2) is 47.6 Å². The maximum atomic E-state index is 13.3. The number of nitrogens with one attached hydrogen (secondary N) is 1. The predicted octanol–water partition coefficient (Wildman–Crippen LogP) is 6.39. The van der Waals surface area contributed by atoms with E-state index in [1.807, 2.05) is 42.3 Å². The standard InChI is InChI=1S/C25H29Cl2N3O2/c1-16-23(25(31)28-19-7-5-3-4-6-8-19)29-30(22-14-11-18(26)15-21(22)27)24(16)17-9-12-20(32-2)13-10-17/h9-16,19,24H,3-8H2,1-2H3,(H,28,31)/t16-,24+/m0/s1. The number of anilines is 1. The van der Waals surface area contributed by atoms with Crippen LogP contribution in [0.25, 0.3) is 0 Å². The van der Waals surface area contributed by atoms with Gasteiger partial charge in [-0.2, -0.15) is 5.10 Å². The van der Waals surface area contributed by atoms with Crippen molar-refractivity contribution >= 4 is 40.5 Å². The molecular formula is C25H29Cl2N3O2. The summed E-state index contributed by atoms with van der Waals surface area (Å²) in [5, 5.41) is 11.0. The Morgan fingerprint density at radius 1 is 1.06 bits per heavy atom. The normalized spacial score (nSPS) is 21.8. The first-order chi connectivity index (χ1) is 15.5. The lowest BCUT2D eigenvalue weighted by Crippen LogP contribution is -2.40. The van der Waals surface area contributed by atoms with Gasteiger partial charge in [0.15, 0.2) is 0 Å². The van der Waals surface area contributed by atoms with Crippen LogP contribution in [0.4, 0.5) is 5.69 Å². The van der Waals surface area contributed by atoms with Crippen molar-refractivity contribution in [2.24, 2.45) is 11.0 Å².